The first-order valence-corrected chi connectivity index (χ1v) is 9.99. The molecule has 0 amide bonds. The van der Waals surface area contributed by atoms with E-state index in [9.17, 15) is 13.2 Å². The van der Waals surface area contributed by atoms with Crippen molar-refractivity contribution in [1.29, 1.82) is 0 Å². The summed E-state index contributed by atoms with van der Waals surface area (Å²) in [6.07, 6.45) is 2.46. The van der Waals surface area contributed by atoms with Crippen LogP contribution in [0.5, 0.6) is 0 Å². The Balaban J connectivity index is 1.96. The number of carboxylic acids is 1. The van der Waals surface area contributed by atoms with Crippen molar-refractivity contribution in [2.75, 3.05) is 23.7 Å². The Hall–Kier alpha value is -3.32. The van der Waals surface area contributed by atoms with E-state index in [1.165, 1.54) is 6.08 Å². The third-order valence-corrected chi connectivity index (χ3v) is 5.65. The lowest BCUT2D eigenvalue weighted by Crippen LogP contribution is -2.14. The first-order valence-electron chi connectivity index (χ1n) is 8.51. The Kier molecular flexibility index (Phi) is 5.37. The second-order valence-electron chi connectivity index (χ2n) is 6.42. The van der Waals surface area contributed by atoms with Crippen molar-refractivity contribution in [3.8, 4) is 0 Å². The molecule has 0 aliphatic heterocycles. The number of fused-ring (bicyclic) bond motifs is 1. The second-order valence-corrected chi connectivity index (χ2v) is 8.07. The maximum Gasteiger partial charge on any atom is 0.328 e. The summed E-state index contributed by atoms with van der Waals surface area (Å²) < 4.78 is 28.5. The highest BCUT2D eigenvalue weighted by atomic mass is 32.2. The number of hydrogen-bond donors (Lipinski definition) is 2. The number of sulfonamides is 1. The first kappa shape index (κ1) is 19.4. The summed E-state index contributed by atoms with van der Waals surface area (Å²) in [6.45, 7) is 0. The van der Waals surface area contributed by atoms with Gasteiger partial charge in [0, 0.05) is 42.3 Å². The fraction of sp³-hybridized carbons (Fsp3) is 0.0952. The lowest BCUT2D eigenvalue weighted by Gasteiger charge is -2.17. The summed E-state index contributed by atoms with van der Waals surface area (Å²) >= 11 is 0. The van der Waals surface area contributed by atoms with Crippen LogP contribution in [0.4, 0.5) is 11.4 Å². The summed E-state index contributed by atoms with van der Waals surface area (Å²) in [4.78, 5) is 12.7. The van der Waals surface area contributed by atoms with Gasteiger partial charge in [0.1, 0.15) is 0 Å². The summed E-state index contributed by atoms with van der Waals surface area (Å²) in [5.41, 5.74) is 1.99. The van der Waals surface area contributed by atoms with Crippen molar-refractivity contribution in [3.63, 3.8) is 0 Å². The number of carboxylic acid groups (broad SMARTS) is 1. The van der Waals surface area contributed by atoms with Gasteiger partial charge in [0.25, 0.3) is 10.0 Å². The van der Waals surface area contributed by atoms with Gasteiger partial charge in [-0.2, -0.15) is 0 Å². The van der Waals surface area contributed by atoms with Crippen molar-refractivity contribution in [2.45, 2.75) is 4.90 Å². The van der Waals surface area contributed by atoms with E-state index >= 15 is 0 Å². The Bertz CT molecular complexity index is 1150. The molecule has 3 aromatic rings. The molecule has 3 aromatic carbocycles. The van der Waals surface area contributed by atoms with E-state index < -0.39 is 16.0 Å². The minimum atomic E-state index is -3.80. The maximum absolute atomic E-state index is 13.0. The van der Waals surface area contributed by atoms with Crippen molar-refractivity contribution in [2.24, 2.45) is 0 Å². The highest BCUT2D eigenvalue weighted by Gasteiger charge is 2.18. The van der Waals surface area contributed by atoms with Gasteiger partial charge in [-0.25, -0.2) is 13.2 Å². The smallest absolute Gasteiger partial charge is 0.328 e. The SMILES string of the molecule is CN(C)c1cccc2c(S(=O)(=O)Nc3ccc(/C=C/C(=O)O)cc3)cccc12. The predicted octanol–water partition coefficient (Wildman–Crippen LogP) is 3.80. The molecule has 0 spiro atoms. The van der Waals surface area contributed by atoms with Gasteiger partial charge in [0.15, 0.2) is 0 Å². The van der Waals surface area contributed by atoms with Gasteiger partial charge < -0.3 is 10.0 Å². The Morgan fingerprint density at radius 2 is 1.61 bits per heavy atom. The fourth-order valence-electron chi connectivity index (χ4n) is 2.93. The van der Waals surface area contributed by atoms with Crippen molar-refractivity contribution >= 4 is 44.2 Å². The molecule has 0 bridgehead atoms. The van der Waals surface area contributed by atoms with E-state index in [1.807, 2.05) is 37.2 Å². The molecule has 28 heavy (non-hydrogen) atoms. The van der Waals surface area contributed by atoms with Crippen LogP contribution in [0.25, 0.3) is 16.8 Å². The van der Waals surface area contributed by atoms with Crippen LogP contribution < -0.4 is 9.62 Å². The van der Waals surface area contributed by atoms with Crippen LogP contribution in [0.3, 0.4) is 0 Å². The van der Waals surface area contributed by atoms with Gasteiger partial charge in [-0.3, -0.25) is 4.72 Å². The van der Waals surface area contributed by atoms with Crippen LogP contribution in [0.2, 0.25) is 0 Å². The molecular formula is C21H20N2O4S. The number of hydrogen-bond acceptors (Lipinski definition) is 4. The molecule has 0 fully saturated rings. The molecule has 144 valence electrons. The molecule has 7 heteroatoms. The van der Waals surface area contributed by atoms with Gasteiger partial charge in [-0.1, -0.05) is 36.4 Å². The van der Waals surface area contributed by atoms with Gasteiger partial charge in [-0.05, 0) is 35.9 Å². The zero-order valence-corrected chi connectivity index (χ0v) is 16.3. The zero-order chi connectivity index (χ0) is 20.3. The number of aliphatic carboxylic acids is 1. The number of nitrogens with one attached hydrogen (secondary N) is 1. The topological polar surface area (TPSA) is 86.7 Å². The zero-order valence-electron chi connectivity index (χ0n) is 15.5. The molecule has 0 heterocycles. The standard InChI is InChI=1S/C21H20N2O4S/c1-23(2)19-7-3-6-18-17(19)5-4-8-20(18)28(26,27)22-16-12-9-15(10-13-16)11-14-21(24)25/h3-14,22H,1-2H3,(H,24,25)/b14-11+. The highest BCUT2D eigenvalue weighted by Crippen LogP contribution is 2.31. The predicted molar refractivity (Wildman–Crippen MR) is 112 cm³/mol. The van der Waals surface area contributed by atoms with E-state index in [4.69, 9.17) is 5.11 Å². The van der Waals surface area contributed by atoms with E-state index in [-0.39, 0.29) is 4.90 Å². The van der Waals surface area contributed by atoms with E-state index in [2.05, 4.69) is 4.72 Å². The highest BCUT2D eigenvalue weighted by molar-refractivity contribution is 7.93. The van der Waals surface area contributed by atoms with E-state index in [0.717, 1.165) is 17.1 Å². The molecule has 3 rings (SSSR count). The van der Waals surface area contributed by atoms with Crippen molar-refractivity contribution in [1.82, 2.24) is 0 Å². The summed E-state index contributed by atoms with van der Waals surface area (Å²) in [5, 5.41) is 10.2. The number of rotatable bonds is 6. The number of carbonyl (C=O) groups is 1. The average molecular weight is 396 g/mol. The summed E-state index contributed by atoms with van der Waals surface area (Å²) in [5.74, 6) is -1.04. The van der Waals surface area contributed by atoms with Gasteiger partial charge in [0.2, 0.25) is 0 Å². The fourth-order valence-corrected chi connectivity index (χ4v) is 4.21. The van der Waals surface area contributed by atoms with E-state index in [0.29, 0.717) is 16.6 Å². The van der Waals surface area contributed by atoms with Crippen LogP contribution in [0.1, 0.15) is 5.56 Å². The van der Waals surface area contributed by atoms with Crippen LogP contribution >= 0.6 is 0 Å². The quantitative estimate of drug-likeness (QED) is 0.619. The minimum Gasteiger partial charge on any atom is -0.478 e. The number of benzene rings is 3. The molecule has 6 nitrogen and oxygen atoms in total. The normalized spacial score (nSPS) is 11.6. The van der Waals surface area contributed by atoms with Gasteiger partial charge in [0.05, 0.1) is 4.90 Å². The number of anilines is 2. The van der Waals surface area contributed by atoms with Crippen molar-refractivity contribution in [3.05, 3.63) is 72.3 Å². The molecule has 0 atom stereocenters. The minimum absolute atomic E-state index is 0.198. The van der Waals surface area contributed by atoms with Crippen molar-refractivity contribution < 1.29 is 18.3 Å². The molecule has 0 aliphatic rings. The molecule has 0 unspecified atom stereocenters. The third kappa shape index (κ3) is 4.15. The molecule has 0 radical (unpaired) electrons. The van der Waals surface area contributed by atoms with Crippen LogP contribution in [0.15, 0.2) is 71.6 Å². The molecule has 2 N–H and O–H groups in total. The Morgan fingerprint density at radius 1 is 0.964 bits per heavy atom. The second kappa shape index (κ2) is 7.74. The van der Waals surface area contributed by atoms with Crippen LogP contribution in [0, 0.1) is 0 Å². The molecule has 0 aliphatic carbocycles. The third-order valence-electron chi connectivity index (χ3n) is 4.21. The largest absolute Gasteiger partial charge is 0.478 e. The molecule has 0 saturated carbocycles. The molecular weight excluding hydrogens is 376 g/mol. The number of nitrogens with zero attached hydrogens (tertiary/aromatic N) is 1. The van der Waals surface area contributed by atoms with Crippen LogP contribution in [-0.4, -0.2) is 33.6 Å². The average Bonchev–Trinajstić information content (AvgIpc) is 2.66. The lowest BCUT2D eigenvalue weighted by atomic mass is 10.1. The Morgan fingerprint density at radius 3 is 2.25 bits per heavy atom. The summed E-state index contributed by atoms with van der Waals surface area (Å²) in [7, 11) is 0.0209. The lowest BCUT2D eigenvalue weighted by molar-refractivity contribution is -0.131. The van der Waals surface area contributed by atoms with Gasteiger partial charge >= 0.3 is 5.97 Å². The molecule has 0 aromatic heterocycles. The van der Waals surface area contributed by atoms with Crippen LogP contribution in [-0.2, 0) is 14.8 Å². The maximum atomic E-state index is 13.0. The monoisotopic (exact) mass is 396 g/mol. The van der Waals surface area contributed by atoms with Gasteiger partial charge in [-0.15, -0.1) is 0 Å². The van der Waals surface area contributed by atoms with E-state index in [1.54, 1.807) is 42.5 Å². The Labute approximate surface area is 163 Å². The summed E-state index contributed by atoms with van der Waals surface area (Å²) in [6, 6.07) is 17.2. The first-order chi connectivity index (χ1) is 13.3. The molecule has 0 saturated heterocycles.